The van der Waals surface area contributed by atoms with Crippen LogP contribution in [0.4, 0.5) is 23.1 Å². The van der Waals surface area contributed by atoms with E-state index in [1.165, 1.54) is 0 Å². The zero-order valence-corrected chi connectivity index (χ0v) is 28.5. The van der Waals surface area contributed by atoms with Gasteiger partial charge in [0.05, 0.1) is 19.0 Å². The van der Waals surface area contributed by atoms with E-state index in [0.29, 0.717) is 54.6 Å². The first-order valence-electron chi connectivity index (χ1n) is 17.6. The fraction of sp³-hybridized carbons (Fsp3) is 0.629. The number of likely N-dealkylation sites (tertiary alicyclic amines) is 1. The number of nitrogens with zero attached hydrogens (tertiary/aromatic N) is 5. The molecule has 2 saturated carbocycles. The van der Waals surface area contributed by atoms with Gasteiger partial charge in [0.1, 0.15) is 29.6 Å². The van der Waals surface area contributed by atoms with Crippen molar-refractivity contribution in [1.82, 2.24) is 20.2 Å². The van der Waals surface area contributed by atoms with E-state index in [9.17, 15) is 14.4 Å². The second-order valence-corrected chi connectivity index (χ2v) is 13.6. The van der Waals surface area contributed by atoms with Crippen molar-refractivity contribution < 1.29 is 23.9 Å². The van der Waals surface area contributed by atoms with Crippen LogP contribution in [0.15, 0.2) is 24.4 Å². The van der Waals surface area contributed by atoms with Gasteiger partial charge in [0.2, 0.25) is 11.9 Å². The Morgan fingerprint density at radius 1 is 1.10 bits per heavy atom. The zero-order valence-electron chi connectivity index (χ0n) is 28.5. The van der Waals surface area contributed by atoms with Gasteiger partial charge in [-0.2, -0.15) is 4.98 Å². The number of esters is 1. The summed E-state index contributed by atoms with van der Waals surface area (Å²) < 4.78 is 11.2. The number of amides is 2. The summed E-state index contributed by atoms with van der Waals surface area (Å²) in [5, 5.41) is 6.43. The summed E-state index contributed by atoms with van der Waals surface area (Å²) in [5.41, 5.74) is 7.94. The Morgan fingerprint density at radius 2 is 1.85 bits per heavy atom. The second kappa shape index (κ2) is 15.1. The highest BCUT2D eigenvalue weighted by atomic mass is 16.5. The van der Waals surface area contributed by atoms with Crippen LogP contribution >= 0.6 is 0 Å². The lowest BCUT2D eigenvalue weighted by molar-refractivity contribution is -0.150. The molecule has 13 nitrogen and oxygen atoms in total. The van der Waals surface area contributed by atoms with Crippen molar-refractivity contribution in [3.05, 3.63) is 30.0 Å². The van der Waals surface area contributed by atoms with Gasteiger partial charge < -0.3 is 40.5 Å². The highest BCUT2D eigenvalue weighted by Gasteiger charge is 2.41. The number of hydrogen-bond acceptors (Lipinski definition) is 11. The van der Waals surface area contributed by atoms with Crippen LogP contribution in [0.1, 0.15) is 87.9 Å². The van der Waals surface area contributed by atoms with Crippen LogP contribution in [0.2, 0.25) is 0 Å². The molecule has 48 heavy (non-hydrogen) atoms. The maximum absolute atomic E-state index is 13.3. The minimum Gasteiger partial charge on any atom is -0.495 e. The summed E-state index contributed by atoms with van der Waals surface area (Å²) in [5.74, 6) is 1.22. The molecule has 1 aromatic carbocycles. The number of nitrogens with two attached hydrogens (primary N) is 1. The summed E-state index contributed by atoms with van der Waals surface area (Å²) in [6.07, 6.45) is 12.2. The van der Waals surface area contributed by atoms with Crippen LogP contribution in [-0.2, 0) is 14.3 Å². The molecule has 0 bridgehead atoms. The monoisotopic (exact) mass is 662 g/mol. The molecule has 2 amide bonds. The van der Waals surface area contributed by atoms with Gasteiger partial charge in [-0.25, -0.2) is 4.98 Å². The molecule has 0 radical (unpaired) electrons. The lowest BCUT2D eigenvalue weighted by atomic mass is 10.0. The number of fused-ring (bicyclic) bond motifs is 1. The number of ether oxygens (including phenoxy) is 2. The molecular weight excluding hydrogens is 612 g/mol. The number of methoxy groups -OCH3 is 1. The zero-order chi connectivity index (χ0) is 33.8. The number of nitrogens with one attached hydrogen (secondary N) is 2. The lowest BCUT2D eigenvalue weighted by Gasteiger charge is -2.43. The Bertz CT molecular complexity index is 1480. The number of carbonyl (C=O) groups is 3. The third-order valence-corrected chi connectivity index (χ3v) is 10.4. The molecule has 3 heterocycles. The van der Waals surface area contributed by atoms with Gasteiger partial charge in [-0.15, -0.1) is 0 Å². The Hall–Kier alpha value is -3.97. The topological polar surface area (TPSA) is 155 Å². The molecule has 1 saturated heterocycles. The van der Waals surface area contributed by atoms with Crippen LogP contribution < -0.4 is 30.9 Å². The van der Waals surface area contributed by atoms with Crippen molar-refractivity contribution in [3.8, 4) is 5.75 Å². The SMILES string of the molecule is CC[C@@H]1C(=O)N(C)c2cnc(Nc3ccc(C(=O)NC4CCN(CC[C@@H](N)C(=O)OC5CCCC5)C4)cc3OC)nc2N1C1CCCC1. The Morgan fingerprint density at radius 3 is 2.58 bits per heavy atom. The van der Waals surface area contributed by atoms with Gasteiger partial charge in [-0.3, -0.25) is 14.4 Å². The molecule has 6 rings (SSSR count). The van der Waals surface area contributed by atoms with Crippen molar-refractivity contribution in [2.75, 3.05) is 48.9 Å². The first-order chi connectivity index (χ1) is 23.2. The predicted octanol–water partition coefficient (Wildman–Crippen LogP) is 3.74. The van der Waals surface area contributed by atoms with Crippen molar-refractivity contribution in [3.63, 3.8) is 0 Å². The third kappa shape index (κ3) is 7.36. The third-order valence-electron chi connectivity index (χ3n) is 10.4. The molecule has 0 spiro atoms. The first-order valence-corrected chi connectivity index (χ1v) is 17.6. The molecule has 2 aliphatic heterocycles. The van der Waals surface area contributed by atoms with Crippen LogP contribution in [0, 0.1) is 0 Å². The smallest absolute Gasteiger partial charge is 0.323 e. The molecule has 4 aliphatic rings. The fourth-order valence-corrected chi connectivity index (χ4v) is 7.62. The Labute approximate surface area is 282 Å². The van der Waals surface area contributed by atoms with E-state index in [1.54, 1.807) is 43.5 Å². The van der Waals surface area contributed by atoms with Crippen molar-refractivity contribution >= 4 is 40.9 Å². The molecule has 3 atom stereocenters. The quantitative estimate of drug-likeness (QED) is 0.285. The summed E-state index contributed by atoms with van der Waals surface area (Å²) in [4.78, 5) is 54.4. The molecule has 13 heteroatoms. The molecular formula is C35H50N8O5. The standard InChI is InChI=1S/C35H50N8O5/c1-4-28-33(45)41(2)29-20-37-35(40-31(29)43(28)24-9-5-6-10-24)39-27-14-13-22(19-30(27)47-3)32(44)38-23-15-17-42(21-23)18-16-26(36)34(46)48-25-11-7-8-12-25/h13-14,19-20,23-26,28H,4-12,15-18,21,36H2,1-3H3,(H,38,44)(H,37,39,40)/t23?,26-,28-/m1/s1. The van der Waals surface area contributed by atoms with Gasteiger partial charge in [0.15, 0.2) is 5.82 Å². The van der Waals surface area contributed by atoms with Crippen LogP contribution in [0.3, 0.4) is 0 Å². The number of likely N-dealkylation sites (N-methyl/N-ethyl adjacent to an activating group) is 1. The summed E-state index contributed by atoms with van der Waals surface area (Å²) in [6, 6.07) is 4.64. The predicted molar refractivity (Wildman–Crippen MR) is 184 cm³/mol. The number of aromatic nitrogens is 2. The van der Waals surface area contributed by atoms with Crippen LogP contribution in [-0.4, -0.2) is 96.7 Å². The molecule has 1 aromatic heterocycles. The Balaban J connectivity index is 1.06. The van der Waals surface area contributed by atoms with Crippen molar-refractivity contribution in [2.24, 2.45) is 5.73 Å². The minimum atomic E-state index is -0.629. The van der Waals surface area contributed by atoms with Crippen molar-refractivity contribution in [2.45, 2.75) is 108 Å². The van der Waals surface area contributed by atoms with Gasteiger partial charge in [0.25, 0.3) is 5.91 Å². The molecule has 4 N–H and O–H groups in total. The van der Waals surface area contributed by atoms with E-state index < -0.39 is 6.04 Å². The second-order valence-electron chi connectivity index (χ2n) is 13.6. The van der Waals surface area contributed by atoms with Gasteiger partial charge in [-0.1, -0.05) is 19.8 Å². The summed E-state index contributed by atoms with van der Waals surface area (Å²) in [7, 11) is 3.35. The Kier molecular flexibility index (Phi) is 10.6. The lowest BCUT2D eigenvalue weighted by Crippen LogP contribution is -2.55. The number of benzene rings is 1. The van der Waals surface area contributed by atoms with E-state index in [-0.39, 0.29) is 42.0 Å². The number of hydrogen-bond donors (Lipinski definition) is 3. The van der Waals surface area contributed by atoms with Gasteiger partial charge >= 0.3 is 5.97 Å². The first kappa shape index (κ1) is 33.9. The van der Waals surface area contributed by atoms with E-state index in [1.807, 2.05) is 6.92 Å². The number of carbonyl (C=O) groups excluding carboxylic acids is 3. The normalized spacial score (nSPS) is 22.5. The van der Waals surface area contributed by atoms with Gasteiger partial charge in [-0.05, 0) is 76.0 Å². The average Bonchev–Trinajstić information content (AvgIpc) is 3.90. The minimum absolute atomic E-state index is 0.00775. The highest BCUT2D eigenvalue weighted by molar-refractivity contribution is 6.04. The van der Waals surface area contributed by atoms with Crippen molar-refractivity contribution in [1.29, 1.82) is 0 Å². The molecule has 3 fully saturated rings. The molecule has 260 valence electrons. The van der Waals surface area contributed by atoms with Crippen LogP contribution in [0.5, 0.6) is 5.75 Å². The summed E-state index contributed by atoms with van der Waals surface area (Å²) >= 11 is 0. The van der Waals surface area contributed by atoms with Crippen LogP contribution in [0.25, 0.3) is 0 Å². The highest BCUT2D eigenvalue weighted by Crippen LogP contribution is 2.40. The average molecular weight is 663 g/mol. The van der Waals surface area contributed by atoms with E-state index in [4.69, 9.17) is 20.2 Å². The number of rotatable bonds is 12. The fourth-order valence-electron chi connectivity index (χ4n) is 7.62. The molecule has 2 aromatic rings. The molecule has 1 unspecified atom stereocenters. The molecule has 2 aliphatic carbocycles. The van der Waals surface area contributed by atoms with E-state index >= 15 is 0 Å². The van der Waals surface area contributed by atoms with E-state index in [2.05, 4.69) is 25.4 Å². The maximum Gasteiger partial charge on any atom is 0.323 e. The van der Waals surface area contributed by atoms with E-state index in [0.717, 1.165) is 70.2 Å². The largest absolute Gasteiger partial charge is 0.495 e. The van der Waals surface area contributed by atoms with Gasteiger partial charge in [0, 0.05) is 44.3 Å². The maximum atomic E-state index is 13.3. The summed E-state index contributed by atoms with van der Waals surface area (Å²) in [6.45, 7) is 4.24. The number of anilines is 4.